The van der Waals surface area contributed by atoms with Gasteiger partial charge in [-0.25, -0.2) is 0 Å². The molecule has 1 aromatic rings. The minimum absolute atomic E-state index is 0.0799. The van der Waals surface area contributed by atoms with Crippen LogP contribution in [0.3, 0.4) is 0 Å². The molecule has 0 saturated heterocycles. The first-order chi connectivity index (χ1) is 8.17. The lowest BCUT2D eigenvalue weighted by Gasteiger charge is -2.23. The van der Waals surface area contributed by atoms with E-state index < -0.39 is 0 Å². The van der Waals surface area contributed by atoms with Gasteiger partial charge in [0.2, 0.25) is 0 Å². The van der Waals surface area contributed by atoms with E-state index in [1.54, 1.807) is 0 Å². The van der Waals surface area contributed by atoms with Crippen molar-refractivity contribution in [2.24, 2.45) is 5.92 Å². The van der Waals surface area contributed by atoms with Crippen LogP contribution in [-0.4, -0.2) is 31.1 Å². The van der Waals surface area contributed by atoms with Crippen molar-refractivity contribution >= 4 is 5.97 Å². The molecule has 1 aromatic carbocycles. The fourth-order valence-electron chi connectivity index (χ4n) is 1.81. The minimum Gasteiger partial charge on any atom is -0.469 e. The largest absolute Gasteiger partial charge is 0.469 e. The molecule has 0 aliphatic heterocycles. The third kappa shape index (κ3) is 4.57. The molecule has 3 nitrogen and oxygen atoms in total. The molecule has 0 aliphatic rings. The van der Waals surface area contributed by atoms with Crippen molar-refractivity contribution in [1.82, 2.24) is 4.90 Å². The number of carbonyl (C=O) groups is 1. The molecule has 0 bridgehead atoms. The van der Waals surface area contributed by atoms with Crippen LogP contribution >= 0.6 is 0 Å². The van der Waals surface area contributed by atoms with Gasteiger partial charge in [-0.15, -0.1) is 0 Å². The Balaban J connectivity index is 2.52. The van der Waals surface area contributed by atoms with E-state index in [4.69, 9.17) is 4.74 Å². The summed E-state index contributed by atoms with van der Waals surface area (Å²) in [5.74, 6) is -0.222. The molecule has 94 valence electrons. The summed E-state index contributed by atoms with van der Waals surface area (Å²) in [5.41, 5.74) is 1.27. The molecule has 1 atom stereocenters. The van der Waals surface area contributed by atoms with Gasteiger partial charge in [0.25, 0.3) is 0 Å². The zero-order valence-electron chi connectivity index (χ0n) is 10.8. The van der Waals surface area contributed by atoms with Gasteiger partial charge in [0.1, 0.15) is 0 Å². The predicted molar refractivity (Wildman–Crippen MR) is 68.6 cm³/mol. The van der Waals surface area contributed by atoms with Crippen molar-refractivity contribution in [1.29, 1.82) is 0 Å². The van der Waals surface area contributed by atoms with Crippen LogP contribution in [0.15, 0.2) is 30.3 Å². The lowest BCUT2D eigenvalue weighted by molar-refractivity contribution is -0.145. The maximum Gasteiger partial charge on any atom is 0.309 e. The summed E-state index contributed by atoms with van der Waals surface area (Å²) in [6.45, 7) is 6.54. The first-order valence-corrected chi connectivity index (χ1v) is 6.01. The third-order valence-corrected chi connectivity index (χ3v) is 2.83. The summed E-state index contributed by atoms with van der Waals surface area (Å²) >= 11 is 0. The molecule has 0 fully saturated rings. The summed E-state index contributed by atoms with van der Waals surface area (Å²) in [4.78, 5) is 13.6. The molecule has 0 aliphatic carbocycles. The highest BCUT2D eigenvalue weighted by Gasteiger charge is 2.16. The molecular weight excluding hydrogens is 214 g/mol. The Hall–Kier alpha value is -1.35. The summed E-state index contributed by atoms with van der Waals surface area (Å²) in [7, 11) is 1.44. The smallest absolute Gasteiger partial charge is 0.309 e. The second kappa shape index (κ2) is 7.07. The van der Waals surface area contributed by atoms with Gasteiger partial charge in [-0.05, 0) is 12.1 Å². The number of rotatable bonds is 6. The zero-order valence-corrected chi connectivity index (χ0v) is 10.8. The molecular formula is C14H21NO2. The van der Waals surface area contributed by atoms with Gasteiger partial charge >= 0.3 is 5.97 Å². The highest BCUT2D eigenvalue weighted by Crippen LogP contribution is 2.08. The standard InChI is InChI=1S/C14H21NO2/c1-4-15(10-12(2)14(16)17-3)11-13-8-6-5-7-9-13/h5-9,12H,4,10-11H2,1-3H3/t12-/m0/s1. The van der Waals surface area contributed by atoms with Crippen LogP contribution in [0.5, 0.6) is 0 Å². The SMILES string of the molecule is CCN(Cc1ccccc1)C[C@H](C)C(=O)OC. The van der Waals surface area contributed by atoms with Crippen molar-refractivity contribution in [3.63, 3.8) is 0 Å². The van der Waals surface area contributed by atoms with Gasteiger partial charge in [0.15, 0.2) is 0 Å². The summed E-state index contributed by atoms with van der Waals surface area (Å²) in [5, 5.41) is 0. The van der Waals surface area contributed by atoms with Gasteiger partial charge in [-0.3, -0.25) is 9.69 Å². The molecule has 3 heteroatoms. The molecule has 0 heterocycles. The lowest BCUT2D eigenvalue weighted by atomic mass is 10.1. The first kappa shape index (κ1) is 13.7. The number of hydrogen-bond donors (Lipinski definition) is 0. The quantitative estimate of drug-likeness (QED) is 0.709. The van der Waals surface area contributed by atoms with Crippen molar-refractivity contribution in [2.75, 3.05) is 20.2 Å². The van der Waals surface area contributed by atoms with E-state index >= 15 is 0 Å². The van der Waals surface area contributed by atoms with Crippen molar-refractivity contribution in [3.8, 4) is 0 Å². The Kier molecular flexibility index (Phi) is 5.70. The molecule has 0 aromatic heterocycles. The monoisotopic (exact) mass is 235 g/mol. The average molecular weight is 235 g/mol. The van der Waals surface area contributed by atoms with E-state index in [0.717, 1.165) is 19.6 Å². The number of hydrogen-bond acceptors (Lipinski definition) is 3. The van der Waals surface area contributed by atoms with Gasteiger partial charge in [0.05, 0.1) is 13.0 Å². The van der Waals surface area contributed by atoms with Crippen LogP contribution in [0, 0.1) is 5.92 Å². The van der Waals surface area contributed by atoms with Gasteiger partial charge in [-0.1, -0.05) is 44.2 Å². The van der Waals surface area contributed by atoms with Crippen molar-refractivity contribution < 1.29 is 9.53 Å². The fourth-order valence-corrected chi connectivity index (χ4v) is 1.81. The maximum absolute atomic E-state index is 11.4. The van der Waals surface area contributed by atoms with Crippen molar-refractivity contribution in [2.45, 2.75) is 20.4 Å². The molecule has 0 amide bonds. The van der Waals surface area contributed by atoms with Gasteiger partial charge < -0.3 is 4.74 Å². The van der Waals surface area contributed by atoms with Crippen LogP contribution in [0.2, 0.25) is 0 Å². The Labute approximate surface area is 103 Å². The normalized spacial score (nSPS) is 12.5. The van der Waals surface area contributed by atoms with E-state index in [1.165, 1.54) is 12.7 Å². The number of ether oxygens (including phenoxy) is 1. The molecule has 1 rings (SSSR count). The van der Waals surface area contributed by atoms with Crippen LogP contribution < -0.4 is 0 Å². The summed E-state index contributed by atoms with van der Waals surface area (Å²) in [6.07, 6.45) is 0. The van der Waals surface area contributed by atoms with Crippen LogP contribution in [-0.2, 0) is 16.1 Å². The number of methoxy groups -OCH3 is 1. The molecule has 0 spiro atoms. The van der Waals surface area contributed by atoms with E-state index in [9.17, 15) is 4.79 Å². The Morgan fingerprint density at radius 3 is 2.53 bits per heavy atom. The molecule has 0 radical (unpaired) electrons. The lowest BCUT2D eigenvalue weighted by Crippen LogP contribution is -2.31. The highest BCUT2D eigenvalue weighted by molar-refractivity contribution is 5.72. The Morgan fingerprint density at radius 1 is 1.35 bits per heavy atom. The van der Waals surface area contributed by atoms with E-state index in [-0.39, 0.29) is 11.9 Å². The average Bonchev–Trinajstić information content (AvgIpc) is 2.38. The number of esters is 1. The summed E-state index contributed by atoms with van der Waals surface area (Å²) in [6, 6.07) is 10.3. The number of carbonyl (C=O) groups excluding carboxylic acids is 1. The topological polar surface area (TPSA) is 29.5 Å². The molecule has 0 unspecified atom stereocenters. The second-order valence-corrected chi connectivity index (χ2v) is 4.24. The van der Waals surface area contributed by atoms with Crippen LogP contribution in [0.4, 0.5) is 0 Å². The number of nitrogens with zero attached hydrogens (tertiary/aromatic N) is 1. The summed E-state index contributed by atoms with van der Waals surface area (Å²) < 4.78 is 4.74. The van der Waals surface area contributed by atoms with Gasteiger partial charge in [0, 0.05) is 13.1 Å². The Bertz CT molecular complexity index is 337. The second-order valence-electron chi connectivity index (χ2n) is 4.24. The van der Waals surface area contributed by atoms with Crippen molar-refractivity contribution in [3.05, 3.63) is 35.9 Å². The highest BCUT2D eigenvalue weighted by atomic mass is 16.5. The Morgan fingerprint density at radius 2 is 2.00 bits per heavy atom. The third-order valence-electron chi connectivity index (χ3n) is 2.83. The van der Waals surface area contributed by atoms with Crippen LogP contribution in [0.1, 0.15) is 19.4 Å². The predicted octanol–water partition coefficient (Wildman–Crippen LogP) is 2.32. The zero-order chi connectivity index (χ0) is 12.7. The molecule has 0 N–H and O–H groups in total. The minimum atomic E-state index is -0.142. The maximum atomic E-state index is 11.4. The molecule has 0 saturated carbocycles. The van der Waals surface area contributed by atoms with Gasteiger partial charge in [-0.2, -0.15) is 0 Å². The van der Waals surface area contributed by atoms with E-state index in [0.29, 0.717) is 0 Å². The fraction of sp³-hybridized carbons (Fsp3) is 0.500. The van der Waals surface area contributed by atoms with E-state index in [2.05, 4.69) is 24.0 Å². The molecule has 17 heavy (non-hydrogen) atoms. The first-order valence-electron chi connectivity index (χ1n) is 6.01. The van der Waals surface area contributed by atoms with E-state index in [1.807, 2.05) is 25.1 Å². The van der Waals surface area contributed by atoms with Crippen LogP contribution in [0.25, 0.3) is 0 Å². The number of benzene rings is 1.